The second-order valence-electron chi connectivity index (χ2n) is 4.25. The van der Waals surface area contributed by atoms with Gasteiger partial charge >= 0.3 is 0 Å². The lowest BCUT2D eigenvalue weighted by atomic mass is 10.0. The quantitative estimate of drug-likeness (QED) is 0.773. The Bertz CT molecular complexity index is 355. The van der Waals surface area contributed by atoms with Crippen LogP contribution in [0.1, 0.15) is 30.1 Å². The third kappa shape index (κ3) is 1.30. The largest absolute Gasteiger partial charge is 0.493 e. The summed E-state index contributed by atoms with van der Waals surface area (Å²) in [5, 5.41) is 9.95. The summed E-state index contributed by atoms with van der Waals surface area (Å²) < 4.78 is 5.43. The topological polar surface area (TPSA) is 29.5 Å². The molecule has 1 unspecified atom stereocenters. The standard InChI is InChI=1S/C12H14O2/c13-12(8-1-2-8)10-3-4-11-9(7-10)5-6-14-11/h3-4,7-8,12-13H,1-2,5-6H2. The molecule has 0 spiro atoms. The molecule has 2 nitrogen and oxygen atoms in total. The first-order chi connectivity index (χ1) is 6.84. The fraction of sp³-hybridized carbons (Fsp3) is 0.500. The van der Waals surface area contributed by atoms with Gasteiger partial charge in [0.05, 0.1) is 12.7 Å². The molecule has 2 aliphatic rings. The van der Waals surface area contributed by atoms with Gasteiger partial charge < -0.3 is 9.84 Å². The van der Waals surface area contributed by atoms with Crippen LogP contribution in [0.15, 0.2) is 18.2 Å². The van der Waals surface area contributed by atoms with Crippen LogP contribution < -0.4 is 4.74 Å². The van der Waals surface area contributed by atoms with E-state index < -0.39 is 0 Å². The van der Waals surface area contributed by atoms with E-state index in [-0.39, 0.29) is 6.10 Å². The van der Waals surface area contributed by atoms with Crippen LogP contribution in [-0.4, -0.2) is 11.7 Å². The third-order valence-corrected chi connectivity index (χ3v) is 3.12. The zero-order valence-corrected chi connectivity index (χ0v) is 8.07. The summed E-state index contributed by atoms with van der Waals surface area (Å²) in [6, 6.07) is 6.09. The Balaban J connectivity index is 1.91. The Hall–Kier alpha value is -1.02. The van der Waals surface area contributed by atoms with E-state index in [0.717, 1.165) is 24.3 Å². The zero-order chi connectivity index (χ0) is 9.54. The number of hydrogen-bond acceptors (Lipinski definition) is 2. The average molecular weight is 190 g/mol. The molecule has 0 saturated heterocycles. The first-order valence-corrected chi connectivity index (χ1v) is 5.28. The van der Waals surface area contributed by atoms with Crippen molar-refractivity contribution < 1.29 is 9.84 Å². The van der Waals surface area contributed by atoms with Crippen LogP contribution in [0.25, 0.3) is 0 Å². The highest BCUT2D eigenvalue weighted by Crippen LogP contribution is 2.42. The monoisotopic (exact) mass is 190 g/mol. The molecule has 3 rings (SSSR count). The van der Waals surface area contributed by atoms with Gasteiger partial charge in [0, 0.05) is 6.42 Å². The molecule has 1 fully saturated rings. The molecule has 2 heteroatoms. The van der Waals surface area contributed by atoms with E-state index in [1.165, 1.54) is 18.4 Å². The normalized spacial score (nSPS) is 21.5. The van der Waals surface area contributed by atoms with E-state index in [2.05, 4.69) is 6.07 Å². The Labute approximate surface area is 83.5 Å². The van der Waals surface area contributed by atoms with Gasteiger partial charge in [-0.3, -0.25) is 0 Å². The van der Waals surface area contributed by atoms with Crippen LogP contribution in [0.4, 0.5) is 0 Å². The third-order valence-electron chi connectivity index (χ3n) is 3.12. The maximum atomic E-state index is 9.95. The molecule has 0 bridgehead atoms. The summed E-state index contributed by atoms with van der Waals surface area (Å²) >= 11 is 0. The molecule has 1 N–H and O–H groups in total. The first kappa shape index (κ1) is 8.30. The lowest BCUT2D eigenvalue weighted by Crippen LogP contribution is -1.99. The van der Waals surface area contributed by atoms with E-state index in [9.17, 15) is 5.11 Å². The number of fused-ring (bicyclic) bond motifs is 1. The van der Waals surface area contributed by atoms with Gasteiger partial charge in [0.2, 0.25) is 0 Å². The smallest absolute Gasteiger partial charge is 0.122 e. The molecule has 14 heavy (non-hydrogen) atoms. The Kier molecular flexibility index (Phi) is 1.77. The van der Waals surface area contributed by atoms with Crippen molar-refractivity contribution in [2.45, 2.75) is 25.4 Å². The zero-order valence-electron chi connectivity index (χ0n) is 8.07. The van der Waals surface area contributed by atoms with Crippen molar-refractivity contribution in [1.82, 2.24) is 0 Å². The number of aliphatic hydroxyl groups is 1. The second-order valence-corrected chi connectivity index (χ2v) is 4.25. The van der Waals surface area contributed by atoms with Crippen molar-refractivity contribution in [2.24, 2.45) is 5.92 Å². The van der Waals surface area contributed by atoms with Crippen molar-refractivity contribution in [2.75, 3.05) is 6.61 Å². The highest BCUT2D eigenvalue weighted by molar-refractivity contribution is 5.40. The van der Waals surface area contributed by atoms with Crippen LogP contribution in [0.3, 0.4) is 0 Å². The van der Waals surface area contributed by atoms with E-state index in [0.29, 0.717) is 5.92 Å². The van der Waals surface area contributed by atoms with Gasteiger partial charge in [-0.1, -0.05) is 6.07 Å². The van der Waals surface area contributed by atoms with E-state index in [1.54, 1.807) is 0 Å². The average Bonchev–Trinajstić information content (AvgIpc) is 2.95. The Morgan fingerprint density at radius 2 is 2.21 bits per heavy atom. The van der Waals surface area contributed by atoms with Gasteiger partial charge in [0.15, 0.2) is 0 Å². The van der Waals surface area contributed by atoms with Crippen molar-refractivity contribution in [3.05, 3.63) is 29.3 Å². The number of rotatable bonds is 2. The van der Waals surface area contributed by atoms with Crippen LogP contribution in [0.5, 0.6) is 5.75 Å². The molecular formula is C12H14O2. The lowest BCUT2D eigenvalue weighted by Gasteiger charge is -2.10. The van der Waals surface area contributed by atoms with Gasteiger partial charge in [-0.25, -0.2) is 0 Å². The van der Waals surface area contributed by atoms with Crippen molar-refractivity contribution in [3.8, 4) is 5.75 Å². The molecular weight excluding hydrogens is 176 g/mol. The highest BCUT2D eigenvalue weighted by atomic mass is 16.5. The summed E-state index contributed by atoms with van der Waals surface area (Å²) in [7, 11) is 0. The molecule has 1 aromatic carbocycles. The van der Waals surface area contributed by atoms with E-state index in [1.807, 2.05) is 12.1 Å². The van der Waals surface area contributed by atoms with Crippen molar-refractivity contribution in [3.63, 3.8) is 0 Å². The first-order valence-electron chi connectivity index (χ1n) is 5.28. The summed E-state index contributed by atoms with van der Waals surface area (Å²) in [5.41, 5.74) is 2.32. The summed E-state index contributed by atoms with van der Waals surface area (Å²) in [6.45, 7) is 0.790. The van der Waals surface area contributed by atoms with E-state index in [4.69, 9.17) is 4.74 Å². The molecule has 1 atom stereocenters. The summed E-state index contributed by atoms with van der Waals surface area (Å²) in [5.74, 6) is 1.51. The summed E-state index contributed by atoms with van der Waals surface area (Å²) in [4.78, 5) is 0. The fourth-order valence-corrected chi connectivity index (χ4v) is 2.07. The fourth-order valence-electron chi connectivity index (χ4n) is 2.07. The van der Waals surface area contributed by atoms with Crippen LogP contribution in [0, 0.1) is 5.92 Å². The predicted octanol–water partition coefficient (Wildman–Crippen LogP) is 2.06. The van der Waals surface area contributed by atoms with Crippen molar-refractivity contribution in [1.29, 1.82) is 0 Å². The maximum Gasteiger partial charge on any atom is 0.122 e. The molecule has 1 heterocycles. The van der Waals surface area contributed by atoms with Crippen LogP contribution in [-0.2, 0) is 6.42 Å². The highest BCUT2D eigenvalue weighted by Gasteiger charge is 2.31. The van der Waals surface area contributed by atoms with Gasteiger partial charge in [-0.15, -0.1) is 0 Å². The minimum absolute atomic E-state index is 0.249. The van der Waals surface area contributed by atoms with Gasteiger partial charge in [0.1, 0.15) is 5.75 Å². The minimum Gasteiger partial charge on any atom is -0.493 e. The van der Waals surface area contributed by atoms with Crippen LogP contribution in [0.2, 0.25) is 0 Å². The lowest BCUT2D eigenvalue weighted by molar-refractivity contribution is 0.154. The van der Waals surface area contributed by atoms with Gasteiger partial charge in [-0.05, 0) is 42.0 Å². The maximum absolute atomic E-state index is 9.95. The molecule has 0 radical (unpaired) electrons. The predicted molar refractivity (Wildman–Crippen MR) is 53.3 cm³/mol. The second kappa shape index (κ2) is 2.99. The van der Waals surface area contributed by atoms with Crippen LogP contribution >= 0.6 is 0 Å². The van der Waals surface area contributed by atoms with Gasteiger partial charge in [-0.2, -0.15) is 0 Å². The van der Waals surface area contributed by atoms with E-state index >= 15 is 0 Å². The number of benzene rings is 1. The molecule has 74 valence electrons. The molecule has 0 aromatic heterocycles. The SMILES string of the molecule is OC(c1ccc2c(c1)CCO2)C1CC1. The number of ether oxygens (including phenoxy) is 1. The number of hydrogen-bond donors (Lipinski definition) is 1. The van der Waals surface area contributed by atoms with Crippen molar-refractivity contribution >= 4 is 0 Å². The molecule has 0 amide bonds. The molecule has 1 saturated carbocycles. The summed E-state index contributed by atoms with van der Waals surface area (Å²) in [6.07, 6.45) is 3.09. The molecule has 1 aliphatic heterocycles. The van der Waals surface area contributed by atoms with Gasteiger partial charge in [0.25, 0.3) is 0 Å². The number of aliphatic hydroxyl groups excluding tert-OH is 1. The molecule has 1 aromatic rings. The Morgan fingerprint density at radius 1 is 1.36 bits per heavy atom. The Morgan fingerprint density at radius 3 is 3.00 bits per heavy atom. The molecule has 1 aliphatic carbocycles. The minimum atomic E-state index is -0.249.